The lowest BCUT2D eigenvalue weighted by Gasteiger charge is -2.33. The summed E-state index contributed by atoms with van der Waals surface area (Å²) in [6.07, 6.45) is -2.41. The van der Waals surface area contributed by atoms with Gasteiger partial charge in [0.1, 0.15) is 11.6 Å². The number of halogens is 5. The molecule has 20 heavy (non-hydrogen) atoms. The first kappa shape index (κ1) is 15.2. The first-order valence-corrected chi connectivity index (χ1v) is 6.62. The van der Waals surface area contributed by atoms with Gasteiger partial charge in [0.25, 0.3) is 0 Å². The smallest absolute Gasteiger partial charge is 0.309 e. The third-order valence-corrected chi connectivity index (χ3v) is 3.76. The molecule has 0 heterocycles. The van der Waals surface area contributed by atoms with Crippen LogP contribution in [0, 0.1) is 17.6 Å². The van der Waals surface area contributed by atoms with E-state index in [1.807, 2.05) is 0 Å². The highest BCUT2D eigenvalue weighted by molar-refractivity contribution is 5.18. The van der Waals surface area contributed by atoms with Gasteiger partial charge in [0.15, 0.2) is 0 Å². The van der Waals surface area contributed by atoms with E-state index in [1.54, 1.807) is 0 Å². The molecule has 1 N–H and O–H groups in total. The molecule has 2 rings (SSSR count). The number of hydrogen-bond acceptors (Lipinski definition) is 1. The molecular formula is C14H16F5N. The zero-order chi connectivity index (χ0) is 14.8. The predicted octanol–water partition coefficient (Wildman–Crippen LogP) is 4.18. The number of alkyl halides is 3. The van der Waals surface area contributed by atoms with E-state index < -0.39 is 29.8 Å². The molecule has 2 unspecified atom stereocenters. The Morgan fingerprint density at radius 3 is 2.45 bits per heavy atom. The van der Waals surface area contributed by atoms with Crippen molar-refractivity contribution in [3.8, 4) is 0 Å². The van der Waals surface area contributed by atoms with Crippen molar-refractivity contribution in [3.05, 3.63) is 35.4 Å². The Hall–Kier alpha value is -1.17. The second-order valence-corrected chi connectivity index (χ2v) is 5.16. The zero-order valence-corrected chi connectivity index (χ0v) is 10.8. The number of hydrogen-bond donors (Lipinski definition) is 1. The van der Waals surface area contributed by atoms with Crippen molar-refractivity contribution >= 4 is 0 Å². The molecule has 1 aromatic rings. The molecular weight excluding hydrogens is 277 g/mol. The molecule has 0 aliphatic heterocycles. The Balaban J connectivity index is 2.01. The largest absolute Gasteiger partial charge is 0.393 e. The fourth-order valence-corrected chi connectivity index (χ4v) is 2.67. The van der Waals surface area contributed by atoms with Crippen LogP contribution in [0.5, 0.6) is 0 Å². The van der Waals surface area contributed by atoms with Gasteiger partial charge < -0.3 is 5.32 Å². The molecule has 0 radical (unpaired) electrons. The highest BCUT2D eigenvalue weighted by Gasteiger charge is 2.45. The first-order chi connectivity index (χ1) is 9.38. The van der Waals surface area contributed by atoms with Crippen LogP contribution in [-0.4, -0.2) is 12.2 Å². The molecule has 0 aromatic heterocycles. The number of benzene rings is 1. The van der Waals surface area contributed by atoms with Crippen LogP contribution in [0.15, 0.2) is 18.2 Å². The first-order valence-electron chi connectivity index (χ1n) is 6.62. The third kappa shape index (κ3) is 3.69. The average Bonchev–Trinajstić information content (AvgIpc) is 2.37. The maximum absolute atomic E-state index is 13.4. The molecule has 2 atom stereocenters. The molecule has 1 aliphatic carbocycles. The Morgan fingerprint density at radius 2 is 1.80 bits per heavy atom. The van der Waals surface area contributed by atoms with Gasteiger partial charge >= 0.3 is 6.18 Å². The minimum Gasteiger partial charge on any atom is -0.309 e. The van der Waals surface area contributed by atoms with Gasteiger partial charge in [0.05, 0.1) is 5.92 Å². The van der Waals surface area contributed by atoms with Crippen molar-refractivity contribution in [1.82, 2.24) is 5.32 Å². The summed E-state index contributed by atoms with van der Waals surface area (Å²) in [5.41, 5.74) is 0.179. The fraction of sp³-hybridized carbons (Fsp3) is 0.571. The van der Waals surface area contributed by atoms with Gasteiger partial charge in [-0.1, -0.05) is 18.9 Å². The SMILES string of the molecule is Fc1ccc(CNC2CCCCC2C(F)(F)F)c(F)c1. The van der Waals surface area contributed by atoms with E-state index in [9.17, 15) is 22.0 Å². The van der Waals surface area contributed by atoms with Gasteiger partial charge in [-0.05, 0) is 18.9 Å². The lowest BCUT2D eigenvalue weighted by atomic mass is 9.84. The van der Waals surface area contributed by atoms with Crippen LogP contribution in [0.25, 0.3) is 0 Å². The van der Waals surface area contributed by atoms with Crippen LogP contribution in [0.4, 0.5) is 22.0 Å². The van der Waals surface area contributed by atoms with Crippen LogP contribution in [0.1, 0.15) is 31.2 Å². The van der Waals surface area contributed by atoms with E-state index in [2.05, 4.69) is 5.32 Å². The summed E-state index contributed by atoms with van der Waals surface area (Å²) in [7, 11) is 0. The summed E-state index contributed by atoms with van der Waals surface area (Å²) in [4.78, 5) is 0. The fourth-order valence-electron chi connectivity index (χ4n) is 2.67. The van der Waals surface area contributed by atoms with E-state index in [4.69, 9.17) is 0 Å². The predicted molar refractivity (Wildman–Crippen MR) is 65.0 cm³/mol. The molecule has 1 nitrogen and oxygen atoms in total. The van der Waals surface area contributed by atoms with Crippen molar-refractivity contribution in [2.75, 3.05) is 0 Å². The van der Waals surface area contributed by atoms with Crippen LogP contribution in [-0.2, 0) is 6.54 Å². The molecule has 1 aromatic carbocycles. The quantitative estimate of drug-likeness (QED) is 0.825. The molecule has 6 heteroatoms. The lowest BCUT2D eigenvalue weighted by molar-refractivity contribution is -0.189. The van der Waals surface area contributed by atoms with Gasteiger partial charge in [-0.2, -0.15) is 13.2 Å². The van der Waals surface area contributed by atoms with Crippen LogP contribution >= 0.6 is 0 Å². The Kier molecular flexibility index (Phi) is 4.62. The molecule has 0 amide bonds. The van der Waals surface area contributed by atoms with Crippen molar-refractivity contribution in [1.29, 1.82) is 0 Å². The summed E-state index contributed by atoms with van der Waals surface area (Å²) >= 11 is 0. The van der Waals surface area contributed by atoms with Crippen LogP contribution < -0.4 is 5.32 Å². The van der Waals surface area contributed by atoms with Gasteiger partial charge in [0, 0.05) is 24.2 Å². The maximum atomic E-state index is 13.4. The van der Waals surface area contributed by atoms with Crippen molar-refractivity contribution < 1.29 is 22.0 Å². The molecule has 0 saturated heterocycles. The molecule has 0 bridgehead atoms. The zero-order valence-electron chi connectivity index (χ0n) is 10.8. The minimum atomic E-state index is -4.24. The minimum absolute atomic E-state index is 0.0244. The molecule has 112 valence electrons. The van der Waals surface area contributed by atoms with Crippen molar-refractivity contribution in [2.24, 2.45) is 5.92 Å². The van der Waals surface area contributed by atoms with Crippen LogP contribution in [0.3, 0.4) is 0 Å². The standard InChI is InChI=1S/C14H16F5N/c15-10-6-5-9(12(16)7-10)8-20-13-4-2-1-3-11(13)14(17,18)19/h5-7,11,13,20H,1-4,8H2. The molecule has 0 spiro atoms. The lowest BCUT2D eigenvalue weighted by Crippen LogP contribution is -2.45. The number of rotatable bonds is 3. The topological polar surface area (TPSA) is 12.0 Å². The van der Waals surface area contributed by atoms with E-state index in [-0.39, 0.29) is 18.5 Å². The summed E-state index contributed by atoms with van der Waals surface area (Å²) < 4.78 is 64.8. The van der Waals surface area contributed by atoms with Crippen molar-refractivity contribution in [2.45, 2.75) is 44.4 Å². The van der Waals surface area contributed by atoms with Crippen LogP contribution in [0.2, 0.25) is 0 Å². The molecule has 1 fully saturated rings. The van der Waals surface area contributed by atoms with Gasteiger partial charge in [-0.3, -0.25) is 0 Å². The van der Waals surface area contributed by atoms with E-state index in [0.29, 0.717) is 12.8 Å². The Bertz CT molecular complexity index is 457. The maximum Gasteiger partial charge on any atom is 0.393 e. The second kappa shape index (κ2) is 6.08. The second-order valence-electron chi connectivity index (χ2n) is 5.16. The highest BCUT2D eigenvalue weighted by Crippen LogP contribution is 2.37. The molecule has 1 saturated carbocycles. The summed E-state index contributed by atoms with van der Waals surface area (Å²) in [6, 6.07) is 2.39. The van der Waals surface area contributed by atoms with Gasteiger partial charge in [0.2, 0.25) is 0 Å². The number of nitrogens with one attached hydrogen (secondary N) is 1. The monoisotopic (exact) mass is 293 g/mol. The van der Waals surface area contributed by atoms with Crippen molar-refractivity contribution in [3.63, 3.8) is 0 Å². The van der Waals surface area contributed by atoms with E-state index in [1.165, 1.54) is 6.07 Å². The van der Waals surface area contributed by atoms with Gasteiger partial charge in [-0.25, -0.2) is 8.78 Å². The summed E-state index contributed by atoms with van der Waals surface area (Å²) in [6.45, 7) is -0.0244. The van der Waals surface area contributed by atoms with E-state index >= 15 is 0 Å². The Labute approximate surface area is 114 Å². The third-order valence-electron chi connectivity index (χ3n) is 3.76. The Morgan fingerprint density at radius 1 is 1.10 bits per heavy atom. The van der Waals surface area contributed by atoms with E-state index in [0.717, 1.165) is 18.6 Å². The summed E-state index contributed by atoms with van der Waals surface area (Å²) in [5, 5.41) is 2.77. The summed E-state index contributed by atoms with van der Waals surface area (Å²) in [5.74, 6) is -2.83. The molecule has 1 aliphatic rings. The highest BCUT2D eigenvalue weighted by atomic mass is 19.4. The van der Waals surface area contributed by atoms with Gasteiger partial charge in [-0.15, -0.1) is 0 Å². The average molecular weight is 293 g/mol. The normalized spacial score (nSPS) is 23.9.